The van der Waals surface area contributed by atoms with Gasteiger partial charge in [-0.15, -0.1) is 11.3 Å². The van der Waals surface area contributed by atoms with Gasteiger partial charge in [0.2, 0.25) is 5.78 Å². The van der Waals surface area contributed by atoms with Crippen LogP contribution in [0.25, 0.3) is 11.3 Å². The Morgan fingerprint density at radius 2 is 1.69 bits per heavy atom. The molecule has 0 unspecified atom stereocenters. The lowest BCUT2D eigenvalue weighted by Crippen LogP contribution is -2.18. The number of ketones is 1. The van der Waals surface area contributed by atoms with Gasteiger partial charge in [-0.05, 0) is 43.7 Å². The Kier molecular flexibility index (Phi) is 6.95. The van der Waals surface area contributed by atoms with E-state index in [0.29, 0.717) is 33.3 Å². The Labute approximate surface area is 228 Å². The first-order chi connectivity index (χ1) is 18.9. The van der Waals surface area contributed by atoms with Crippen LogP contribution in [0, 0.1) is 25.2 Å². The fraction of sp³-hybridized carbons (Fsp3) is 0.0667. The van der Waals surface area contributed by atoms with E-state index in [9.17, 15) is 14.9 Å². The molecular formula is C30H23N5O3S. The standard InChI is InChI=1S/C30H23N5O3S/c1-17-18(2)33-28(21(16-31)23(17)22-14-9-15-38-22)35-29(37)24-25(32)27(26(36)19-10-5-3-6-11-19)39-30(24)34-20-12-7-4-8-13-20/h3-15,34H,32H2,1-2H3,(H,33,35,37). The first-order valence-electron chi connectivity index (χ1n) is 12.0. The van der Waals surface area contributed by atoms with E-state index < -0.39 is 5.91 Å². The highest BCUT2D eigenvalue weighted by molar-refractivity contribution is 7.19. The van der Waals surface area contributed by atoms with Crippen LogP contribution < -0.4 is 16.4 Å². The number of nitrogen functional groups attached to an aromatic ring is 1. The molecule has 0 aliphatic carbocycles. The number of anilines is 4. The molecule has 0 aliphatic heterocycles. The number of aryl methyl sites for hydroxylation is 1. The summed E-state index contributed by atoms with van der Waals surface area (Å²) in [7, 11) is 0. The van der Waals surface area contributed by atoms with Crippen molar-refractivity contribution in [3.05, 3.63) is 112 Å². The average Bonchev–Trinajstić information content (AvgIpc) is 3.59. The summed E-state index contributed by atoms with van der Waals surface area (Å²) in [5.74, 6) is -0.339. The van der Waals surface area contributed by atoms with E-state index in [-0.39, 0.29) is 33.3 Å². The predicted octanol–water partition coefficient (Wildman–Crippen LogP) is 6.70. The Balaban J connectivity index is 1.60. The Morgan fingerprint density at radius 3 is 2.33 bits per heavy atom. The molecule has 3 aromatic heterocycles. The molecule has 8 nitrogen and oxygen atoms in total. The lowest BCUT2D eigenvalue weighted by molar-refractivity contribution is 0.102. The molecule has 5 aromatic rings. The fourth-order valence-corrected chi connectivity index (χ4v) is 5.29. The summed E-state index contributed by atoms with van der Waals surface area (Å²) in [4.78, 5) is 31.8. The van der Waals surface area contributed by atoms with Crippen LogP contribution in [0.15, 0.2) is 83.5 Å². The lowest BCUT2D eigenvalue weighted by Gasteiger charge is -2.14. The molecule has 0 fully saturated rings. The average molecular weight is 534 g/mol. The van der Waals surface area contributed by atoms with Crippen molar-refractivity contribution in [2.45, 2.75) is 13.8 Å². The van der Waals surface area contributed by atoms with Crippen molar-refractivity contribution in [2.75, 3.05) is 16.4 Å². The highest BCUT2D eigenvalue weighted by Gasteiger charge is 2.28. The zero-order valence-corrected chi connectivity index (χ0v) is 21.9. The minimum Gasteiger partial charge on any atom is -0.464 e. The van der Waals surface area contributed by atoms with Crippen LogP contribution in [-0.2, 0) is 0 Å². The van der Waals surface area contributed by atoms with E-state index in [1.54, 1.807) is 43.3 Å². The number of carbonyl (C=O) groups excluding carboxylic acids is 2. The number of hydrogen-bond donors (Lipinski definition) is 3. The number of hydrogen-bond acceptors (Lipinski definition) is 8. The molecule has 3 heterocycles. The second kappa shape index (κ2) is 10.7. The van der Waals surface area contributed by atoms with Gasteiger partial charge >= 0.3 is 0 Å². The van der Waals surface area contributed by atoms with E-state index in [1.807, 2.05) is 43.3 Å². The lowest BCUT2D eigenvalue weighted by atomic mass is 10.00. The molecule has 0 bridgehead atoms. The van der Waals surface area contributed by atoms with Crippen molar-refractivity contribution in [3.63, 3.8) is 0 Å². The summed E-state index contributed by atoms with van der Waals surface area (Å²) < 4.78 is 5.56. The van der Waals surface area contributed by atoms with Crippen LogP contribution in [0.3, 0.4) is 0 Å². The zero-order chi connectivity index (χ0) is 27.5. The number of amides is 1. The number of thiophene rings is 1. The van der Waals surface area contributed by atoms with Gasteiger partial charge in [0.1, 0.15) is 27.3 Å². The molecule has 192 valence electrons. The number of benzene rings is 2. The maximum Gasteiger partial charge on any atom is 0.261 e. The van der Waals surface area contributed by atoms with E-state index in [2.05, 4.69) is 21.7 Å². The molecular weight excluding hydrogens is 510 g/mol. The van der Waals surface area contributed by atoms with Crippen molar-refractivity contribution < 1.29 is 14.0 Å². The highest BCUT2D eigenvalue weighted by Crippen LogP contribution is 2.40. The second-order valence-electron chi connectivity index (χ2n) is 8.70. The van der Waals surface area contributed by atoms with E-state index in [0.717, 1.165) is 16.9 Å². The number of nitriles is 1. The van der Waals surface area contributed by atoms with Gasteiger partial charge < -0.3 is 20.8 Å². The Morgan fingerprint density at radius 1 is 1.00 bits per heavy atom. The molecule has 2 aromatic carbocycles. The van der Waals surface area contributed by atoms with Gasteiger partial charge in [-0.25, -0.2) is 4.98 Å². The molecule has 1 amide bonds. The van der Waals surface area contributed by atoms with Gasteiger partial charge in [0.05, 0.1) is 17.5 Å². The van der Waals surface area contributed by atoms with E-state index in [4.69, 9.17) is 10.2 Å². The number of nitrogens with one attached hydrogen (secondary N) is 2. The van der Waals surface area contributed by atoms with Crippen LogP contribution in [0.2, 0.25) is 0 Å². The quantitative estimate of drug-likeness (QED) is 0.198. The molecule has 4 N–H and O–H groups in total. The highest BCUT2D eigenvalue weighted by atomic mass is 32.1. The number of carbonyl (C=O) groups is 2. The first kappa shape index (κ1) is 25.4. The van der Waals surface area contributed by atoms with Gasteiger partial charge in [0.15, 0.2) is 5.82 Å². The topological polar surface area (TPSA) is 134 Å². The number of nitrogens with zero attached hydrogens (tertiary/aromatic N) is 2. The van der Waals surface area contributed by atoms with Gasteiger partial charge in [0, 0.05) is 22.5 Å². The van der Waals surface area contributed by atoms with Crippen LogP contribution >= 0.6 is 11.3 Å². The van der Waals surface area contributed by atoms with Crippen molar-refractivity contribution in [3.8, 4) is 17.4 Å². The number of furan rings is 1. The second-order valence-corrected chi connectivity index (χ2v) is 9.72. The number of para-hydroxylation sites is 1. The molecule has 0 aliphatic rings. The summed E-state index contributed by atoms with van der Waals surface area (Å²) in [5, 5.41) is 16.4. The number of aromatic nitrogens is 1. The summed E-state index contributed by atoms with van der Waals surface area (Å²) in [6, 6.07) is 23.6. The summed E-state index contributed by atoms with van der Waals surface area (Å²) >= 11 is 1.09. The summed E-state index contributed by atoms with van der Waals surface area (Å²) in [6.45, 7) is 3.63. The molecule has 0 saturated heterocycles. The van der Waals surface area contributed by atoms with E-state index in [1.165, 1.54) is 6.26 Å². The third-order valence-corrected chi connectivity index (χ3v) is 7.36. The van der Waals surface area contributed by atoms with Crippen molar-refractivity contribution >= 4 is 45.2 Å². The van der Waals surface area contributed by atoms with Gasteiger partial charge in [-0.1, -0.05) is 48.5 Å². The monoisotopic (exact) mass is 533 g/mol. The number of rotatable bonds is 7. The number of pyridine rings is 1. The smallest absolute Gasteiger partial charge is 0.261 e. The fourth-order valence-electron chi connectivity index (χ4n) is 4.19. The van der Waals surface area contributed by atoms with Crippen LogP contribution in [0.5, 0.6) is 0 Å². The number of nitrogens with two attached hydrogens (primary N) is 1. The summed E-state index contributed by atoms with van der Waals surface area (Å²) in [6.07, 6.45) is 1.52. The molecule has 0 atom stereocenters. The first-order valence-corrected chi connectivity index (χ1v) is 12.8. The molecule has 9 heteroatoms. The van der Waals surface area contributed by atoms with Crippen LogP contribution in [0.1, 0.15) is 42.4 Å². The minimum absolute atomic E-state index is 0.0402. The minimum atomic E-state index is -0.605. The maximum atomic E-state index is 13.8. The largest absolute Gasteiger partial charge is 0.464 e. The third-order valence-electron chi connectivity index (χ3n) is 6.24. The van der Waals surface area contributed by atoms with Crippen molar-refractivity contribution in [2.24, 2.45) is 0 Å². The molecule has 39 heavy (non-hydrogen) atoms. The van der Waals surface area contributed by atoms with Crippen LogP contribution in [-0.4, -0.2) is 16.7 Å². The van der Waals surface area contributed by atoms with Gasteiger partial charge in [0.25, 0.3) is 5.91 Å². The summed E-state index contributed by atoms with van der Waals surface area (Å²) in [5.41, 5.74) is 9.86. The van der Waals surface area contributed by atoms with Gasteiger partial charge in [-0.2, -0.15) is 5.26 Å². The van der Waals surface area contributed by atoms with Crippen molar-refractivity contribution in [1.82, 2.24) is 4.98 Å². The third kappa shape index (κ3) is 4.89. The Hall–Kier alpha value is -5.20. The van der Waals surface area contributed by atoms with E-state index >= 15 is 0 Å². The van der Waals surface area contributed by atoms with Crippen LogP contribution in [0.4, 0.5) is 22.2 Å². The zero-order valence-electron chi connectivity index (χ0n) is 21.1. The normalized spacial score (nSPS) is 10.6. The SMILES string of the molecule is Cc1nc(NC(=O)c2c(Nc3ccccc3)sc(C(=O)c3ccccc3)c2N)c(C#N)c(-c2ccco2)c1C. The molecule has 5 rings (SSSR count). The van der Waals surface area contributed by atoms with Gasteiger partial charge in [-0.3, -0.25) is 9.59 Å². The molecule has 0 radical (unpaired) electrons. The predicted molar refractivity (Wildman–Crippen MR) is 152 cm³/mol. The van der Waals surface area contributed by atoms with Crippen molar-refractivity contribution in [1.29, 1.82) is 5.26 Å². The maximum absolute atomic E-state index is 13.8. The Bertz CT molecular complexity index is 1720. The molecule has 0 saturated carbocycles. The molecule has 0 spiro atoms.